The van der Waals surface area contributed by atoms with Crippen LogP contribution in [0, 0.1) is 0 Å². The van der Waals surface area contributed by atoms with Crippen LogP contribution in [0.4, 0.5) is 5.69 Å². The second-order valence-corrected chi connectivity index (χ2v) is 5.66. The maximum Gasteiger partial charge on any atom is 0.330 e. The molecular formula is C11H11N3O5S. The van der Waals surface area contributed by atoms with Gasteiger partial charge in [0.05, 0.1) is 5.69 Å². The smallest absolute Gasteiger partial charge is 0.330 e. The average Bonchev–Trinajstić information content (AvgIpc) is 2.74. The number of sulfonamides is 1. The van der Waals surface area contributed by atoms with Crippen molar-refractivity contribution in [3.05, 3.63) is 47.1 Å². The topological polar surface area (TPSA) is 121 Å². The van der Waals surface area contributed by atoms with E-state index in [0.717, 1.165) is 0 Å². The number of carbonyl (C=O) groups is 1. The number of nitrogens with one attached hydrogen (secondary N) is 2. The molecule has 0 amide bonds. The Morgan fingerprint density at radius 3 is 2.45 bits per heavy atom. The van der Waals surface area contributed by atoms with E-state index in [4.69, 9.17) is 5.11 Å². The SMILES string of the molecule is O=C(O)CS(=O)(=O)Nc1ccc(-n2cc[nH]c2=O)cc1. The van der Waals surface area contributed by atoms with E-state index in [-0.39, 0.29) is 11.4 Å². The van der Waals surface area contributed by atoms with Crippen molar-refractivity contribution >= 4 is 21.7 Å². The van der Waals surface area contributed by atoms with Crippen molar-refractivity contribution in [3.63, 3.8) is 0 Å². The summed E-state index contributed by atoms with van der Waals surface area (Å²) in [5.74, 6) is -2.44. The van der Waals surface area contributed by atoms with Crippen LogP contribution in [0.3, 0.4) is 0 Å². The minimum Gasteiger partial charge on any atom is -0.480 e. The van der Waals surface area contributed by atoms with Crippen molar-refractivity contribution in [2.45, 2.75) is 0 Å². The number of aliphatic carboxylic acids is 1. The fraction of sp³-hybridized carbons (Fsp3) is 0.0909. The molecule has 0 aliphatic carbocycles. The molecule has 0 bridgehead atoms. The van der Waals surface area contributed by atoms with Gasteiger partial charge in [-0.25, -0.2) is 13.2 Å². The number of benzene rings is 1. The first-order valence-electron chi connectivity index (χ1n) is 5.46. The monoisotopic (exact) mass is 297 g/mol. The fourth-order valence-electron chi connectivity index (χ4n) is 1.59. The second kappa shape index (κ2) is 5.21. The van der Waals surface area contributed by atoms with Gasteiger partial charge in [0, 0.05) is 18.1 Å². The van der Waals surface area contributed by atoms with Gasteiger partial charge in [0.1, 0.15) is 0 Å². The molecule has 3 N–H and O–H groups in total. The molecule has 106 valence electrons. The Hall–Kier alpha value is -2.55. The summed E-state index contributed by atoms with van der Waals surface area (Å²) in [5.41, 5.74) is 0.459. The maximum absolute atomic E-state index is 11.4. The Bertz CT molecular complexity index is 773. The second-order valence-electron chi connectivity index (χ2n) is 3.94. The summed E-state index contributed by atoms with van der Waals surface area (Å²) in [6.07, 6.45) is 3.01. The van der Waals surface area contributed by atoms with Gasteiger partial charge in [-0.2, -0.15) is 0 Å². The minimum absolute atomic E-state index is 0.221. The summed E-state index contributed by atoms with van der Waals surface area (Å²) >= 11 is 0. The zero-order valence-electron chi connectivity index (χ0n) is 10.1. The molecule has 0 fully saturated rings. The van der Waals surface area contributed by atoms with Gasteiger partial charge in [-0.3, -0.25) is 14.1 Å². The molecule has 0 aliphatic rings. The first-order valence-corrected chi connectivity index (χ1v) is 7.11. The normalized spacial score (nSPS) is 11.2. The molecule has 0 saturated heterocycles. The van der Waals surface area contributed by atoms with E-state index in [1.807, 2.05) is 0 Å². The third kappa shape index (κ3) is 3.26. The van der Waals surface area contributed by atoms with Crippen LogP contribution in [0.2, 0.25) is 0 Å². The highest BCUT2D eigenvalue weighted by atomic mass is 32.2. The van der Waals surface area contributed by atoms with Gasteiger partial charge in [-0.05, 0) is 24.3 Å². The molecule has 1 aromatic carbocycles. The van der Waals surface area contributed by atoms with E-state index >= 15 is 0 Å². The van der Waals surface area contributed by atoms with Crippen LogP contribution in [0.1, 0.15) is 0 Å². The van der Waals surface area contributed by atoms with Crippen LogP contribution in [-0.4, -0.2) is 34.8 Å². The summed E-state index contributed by atoms with van der Waals surface area (Å²) in [4.78, 5) is 24.2. The predicted molar refractivity (Wildman–Crippen MR) is 71.4 cm³/mol. The highest BCUT2D eigenvalue weighted by Crippen LogP contribution is 2.13. The highest BCUT2D eigenvalue weighted by Gasteiger charge is 2.15. The first-order chi connectivity index (χ1) is 9.37. The number of carboxylic acids is 1. The highest BCUT2D eigenvalue weighted by molar-refractivity contribution is 7.93. The number of imidazole rings is 1. The van der Waals surface area contributed by atoms with E-state index < -0.39 is 21.7 Å². The van der Waals surface area contributed by atoms with Gasteiger partial charge in [-0.1, -0.05) is 0 Å². The van der Waals surface area contributed by atoms with Crippen molar-refractivity contribution in [2.75, 3.05) is 10.5 Å². The lowest BCUT2D eigenvalue weighted by atomic mass is 10.3. The molecule has 9 heteroatoms. The quantitative estimate of drug-likeness (QED) is 0.716. The van der Waals surface area contributed by atoms with Gasteiger partial charge in [0.15, 0.2) is 5.75 Å². The molecular weight excluding hydrogens is 286 g/mol. The molecule has 0 spiro atoms. The Balaban J connectivity index is 2.19. The number of H-pyrrole nitrogens is 1. The van der Waals surface area contributed by atoms with Gasteiger partial charge in [0.2, 0.25) is 10.0 Å². The van der Waals surface area contributed by atoms with Gasteiger partial charge in [0.25, 0.3) is 0 Å². The molecule has 0 atom stereocenters. The molecule has 1 aromatic heterocycles. The molecule has 2 rings (SSSR count). The maximum atomic E-state index is 11.4. The molecule has 0 unspecified atom stereocenters. The van der Waals surface area contributed by atoms with Gasteiger partial charge < -0.3 is 10.1 Å². The van der Waals surface area contributed by atoms with Crippen molar-refractivity contribution in [1.29, 1.82) is 0 Å². The lowest BCUT2D eigenvalue weighted by Crippen LogP contribution is -2.22. The molecule has 2 aromatic rings. The summed E-state index contributed by atoms with van der Waals surface area (Å²) < 4.78 is 26.3. The third-order valence-electron chi connectivity index (χ3n) is 2.38. The van der Waals surface area contributed by atoms with E-state index in [9.17, 15) is 18.0 Å². The number of anilines is 1. The summed E-state index contributed by atoms with van der Waals surface area (Å²) in [5, 5.41) is 8.47. The zero-order chi connectivity index (χ0) is 14.8. The predicted octanol–water partition coefficient (Wildman–Crippen LogP) is -0.00810. The first kappa shape index (κ1) is 13.9. The van der Waals surface area contributed by atoms with Crippen LogP contribution in [0.15, 0.2) is 41.5 Å². The molecule has 20 heavy (non-hydrogen) atoms. The van der Waals surface area contributed by atoms with Crippen LogP contribution in [0.25, 0.3) is 5.69 Å². The molecule has 0 aliphatic heterocycles. The van der Waals surface area contributed by atoms with Gasteiger partial charge >= 0.3 is 11.7 Å². The van der Waals surface area contributed by atoms with Crippen LogP contribution < -0.4 is 10.4 Å². The lowest BCUT2D eigenvalue weighted by molar-refractivity contribution is -0.134. The van der Waals surface area contributed by atoms with Crippen LogP contribution >= 0.6 is 0 Å². The Kier molecular flexibility index (Phi) is 3.61. The average molecular weight is 297 g/mol. The number of carboxylic acid groups (broad SMARTS) is 1. The molecule has 0 radical (unpaired) electrons. The minimum atomic E-state index is -3.93. The number of hydrogen-bond donors (Lipinski definition) is 3. The van der Waals surface area contributed by atoms with Crippen molar-refractivity contribution in [2.24, 2.45) is 0 Å². The Morgan fingerprint density at radius 1 is 1.30 bits per heavy atom. The number of rotatable bonds is 5. The van der Waals surface area contributed by atoms with Crippen molar-refractivity contribution < 1.29 is 18.3 Å². The molecule has 0 saturated carbocycles. The third-order valence-corrected chi connectivity index (χ3v) is 3.56. The summed E-state index contributed by atoms with van der Waals surface area (Å²) in [7, 11) is -3.93. The molecule has 8 nitrogen and oxygen atoms in total. The zero-order valence-corrected chi connectivity index (χ0v) is 10.9. The standard InChI is InChI=1S/C11H11N3O5S/c15-10(16)7-20(18,19)13-8-1-3-9(4-2-8)14-6-5-12-11(14)17/h1-6,13H,7H2,(H,12,17)(H,15,16). The van der Waals surface area contributed by atoms with Crippen LogP contribution in [0.5, 0.6) is 0 Å². The lowest BCUT2D eigenvalue weighted by Gasteiger charge is -2.07. The van der Waals surface area contributed by atoms with Crippen molar-refractivity contribution in [1.82, 2.24) is 9.55 Å². The van der Waals surface area contributed by atoms with Crippen molar-refractivity contribution in [3.8, 4) is 5.69 Å². The van der Waals surface area contributed by atoms with E-state index in [1.165, 1.54) is 41.2 Å². The number of hydrogen-bond acceptors (Lipinski definition) is 4. The van der Waals surface area contributed by atoms with Crippen LogP contribution in [-0.2, 0) is 14.8 Å². The van der Waals surface area contributed by atoms with E-state index in [2.05, 4.69) is 9.71 Å². The number of aromatic nitrogens is 2. The van der Waals surface area contributed by atoms with E-state index in [1.54, 1.807) is 0 Å². The molecule has 1 heterocycles. The Morgan fingerprint density at radius 2 is 1.95 bits per heavy atom. The summed E-state index contributed by atoms with van der Waals surface area (Å²) in [6.45, 7) is 0. The number of nitrogens with zero attached hydrogens (tertiary/aromatic N) is 1. The van der Waals surface area contributed by atoms with E-state index in [0.29, 0.717) is 5.69 Å². The fourth-order valence-corrected chi connectivity index (χ4v) is 2.48. The summed E-state index contributed by atoms with van der Waals surface area (Å²) in [6, 6.07) is 5.95. The Labute approximate surface area is 113 Å². The largest absolute Gasteiger partial charge is 0.480 e. The van der Waals surface area contributed by atoms with Gasteiger partial charge in [-0.15, -0.1) is 0 Å². The number of aromatic amines is 1.